The number of benzene rings is 1. The van der Waals surface area contributed by atoms with Crippen LogP contribution in [0.5, 0.6) is 0 Å². The second kappa shape index (κ2) is 5.74. The number of aromatic nitrogens is 1. The van der Waals surface area contributed by atoms with Gasteiger partial charge in [0.25, 0.3) is 5.91 Å². The molecule has 1 aliphatic heterocycles. The van der Waals surface area contributed by atoms with E-state index < -0.39 is 0 Å². The number of hydrogen-bond acceptors (Lipinski definition) is 2. The average molecular weight is 284 g/mol. The maximum Gasteiger partial charge on any atom is 0.253 e. The van der Waals surface area contributed by atoms with Gasteiger partial charge in [0.2, 0.25) is 0 Å². The van der Waals surface area contributed by atoms with Crippen LogP contribution in [0.4, 0.5) is 0 Å². The van der Waals surface area contributed by atoms with E-state index in [1.165, 1.54) is 0 Å². The first kappa shape index (κ1) is 13.9. The Hall–Kier alpha value is -2.07. The van der Waals surface area contributed by atoms with Crippen LogP contribution >= 0.6 is 0 Å². The molecule has 21 heavy (non-hydrogen) atoms. The highest BCUT2D eigenvalue weighted by Gasteiger charge is 2.19. The Morgan fingerprint density at radius 3 is 2.90 bits per heavy atom. The molecule has 0 unspecified atom stereocenters. The molecule has 4 nitrogen and oxygen atoms in total. The highest BCUT2D eigenvalue weighted by atomic mass is 16.5. The number of carbonyl (C=O) groups is 1. The van der Waals surface area contributed by atoms with Crippen molar-refractivity contribution < 1.29 is 9.53 Å². The van der Waals surface area contributed by atoms with Crippen molar-refractivity contribution in [2.75, 3.05) is 13.2 Å². The van der Waals surface area contributed by atoms with Gasteiger partial charge in [-0.1, -0.05) is 24.8 Å². The number of ether oxygens (including phenoxy) is 1. The van der Waals surface area contributed by atoms with Gasteiger partial charge in [0.15, 0.2) is 0 Å². The van der Waals surface area contributed by atoms with Gasteiger partial charge in [-0.2, -0.15) is 0 Å². The highest BCUT2D eigenvalue weighted by molar-refractivity contribution is 6.07. The zero-order valence-electron chi connectivity index (χ0n) is 12.3. The van der Waals surface area contributed by atoms with Crippen molar-refractivity contribution >= 4 is 22.9 Å². The molecular formula is C17H20N2O2. The molecule has 0 atom stereocenters. The van der Waals surface area contributed by atoms with Crippen LogP contribution in [0, 0.1) is 0 Å². The Labute approximate surface area is 124 Å². The molecule has 4 heteroatoms. The number of rotatable bonds is 3. The van der Waals surface area contributed by atoms with Gasteiger partial charge >= 0.3 is 0 Å². The van der Waals surface area contributed by atoms with Crippen LogP contribution < -0.4 is 5.32 Å². The quantitative estimate of drug-likeness (QED) is 0.941. The van der Waals surface area contributed by atoms with E-state index >= 15 is 0 Å². The number of amides is 1. The minimum absolute atomic E-state index is 0.00106. The van der Waals surface area contributed by atoms with E-state index in [0.29, 0.717) is 0 Å². The molecule has 0 spiro atoms. The van der Waals surface area contributed by atoms with E-state index in [1.54, 1.807) is 0 Å². The predicted molar refractivity (Wildman–Crippen MR) is 84.3 cm³/mol. The standard InChI is InChI=1S/C17H20N2O2/c1-3-12-4-5-14-15(11-19(2)16(14)10-12)17(20)18-13-6-8-21-9-7-13/h3-5,10-11,13H,1,6-9H2,2H3,(H,18,20). The topological polar surface area (TPSA) is 43.3 Å². The van der Waals surface area contributed by atoms with Gasteiger partial charge in [-0.25, -0.2) is 0 Å². The summed E-state index contributed by atoms with van der Waals surface area (Å²) in [5, 5.41) is 4.10. The Morgan fingerprint density at radius 1 is 1.43 bits per heavy atom. The molecule has 110 valence electrons. The summed E-state index contributed by atoms with van der Waals surface area (Å²) < 4.78 is 7.31. The number of fused-ring (bicyclic) bond motifs is 1. The van der Waals surface area contributed by atoms with E-state index in [1.807, 2.05) is 42.1 Å². The van der Waals surface area contributed by atoms with E-state index in [0.717, 1.165) is 48.1 Å². The molecule has 1 N–H and O–H groups in total. The zero-order valence-corrected chi connectivity index (χ0v) is 12.3. The normalized spacial score (nSPS) is 16.0. The molecule has 1 aliphatic rings. The molecule has 0 saturated carbocycles. The fraction of sp³-hybridized carbons (Fsp3) is 0.353. The largest absolute Gasteiger partial charge is 0.381 e. The second-order valence-corrected chi connectivity index (χ2v) is 5.49. The van der Waals surface area contributed by atoms with Crippen molar-refractivity contribution in [2.24, 2.45) is 7.05 Å². The Bertz CT molecular complexity index is 681. The summed E-state index contributed by atoms with van der Waals surface area (Å²) in [6.07, 6.45) is 5.48. The molecule has 3 rings (SSSR count). The van der Waals surface area contributed by atoms with Crippen molar-refractivity contribution in [1.29, 1.82) is 0 Å². The summed E-state index contributed by atoms with van der Waals surface area (Å²) in [7, 11) is 1.96. The SMILES string of the molecule is C=Cc1ccc2c(C(=O)NC3CCOCC3)cn(C)c2c1. The molecule has 1 aromatic heterocycles. The summed E-state index contributed by atoms with van der Waals surface area (Å²) in [6.45, 7) is 5.24. The van der Waals surface area contributed by atoms with Crippen LogP contribution in [0.2, 0.25) is 0 Å². The fourth-order valence-corrected chi connectivity index (χ4v) is 2.81. The van der Waals surface area contributed by atoms with Crippen LogP contribution in [-0.4, -0.2) is 29.7 Å². The average Bonchev–Trinajstić information content (AvgIpc) is 2.85. The summed E-state index contributed by atoms with van der Waals surface area (Å²) in [6, 6.07) is 6.24. The van der Waals surface area contributed by atoms with Crippen molar-refractivity contribution in [2.45, 2.75) is 18.9 Å². The third kappa shape index (κ3) is 2.72. The van der Waals surface area contributed by atoms with Crippen molar-refractivity contribution in [3.63, 3.8) is 0 Å². The van der Waals surface area contributed by atoms with Gasteiger partial charge < -0.3 is 14.6 Å². The van der Waals surface area contributed by atoms with Gasteiger partial charge in [0.05, 0.1) is 5.56 Å². The van der Waals surface area contributed by atoms with Crippen LogP contribution in [-0.2, 0) is 11.8 Å². The zero-order chi connectivity index (χ0) is 14.8. The maximum absolute atomic E-state index is 12.5. The Morgan fingerprint density at radius 2 is 2.19 bits per heavy atom. The second-order valence-electron chi connectivity index (χ2n) is 5.49. The van der Waals surface area contributed by atoms with Gasteiger partial charge in [0, 0.05) is 43.4 Å². The van der Waals surface area contributed by atoms with E-state index in [4.69, 9.17) is 4.74 Å². The predicted octanol–water partition coefficient (Wildman–Crippen LogP) is 2.73. The number of nitrogens with one attached hydrogen (secondary N) is 1. The van der Waals surface area contributed by atoms with Crippen LogP contribution in [0.25, 0.3) is 17.0 Å². The number of carbonyl (C=O) groups excluding carboxylic acids is 1. The number of nitrogens with zero attached hydrogens (tertiary/aromatic N) is 1. The summed E-state index contributed by atoms with van der Waals surface area (Å²) in [4.78, 5) is 12.5. The molecule has 1 fully saturated rings. The first-order valence-corrected chi connectivity index (χ1v) is 7.29. The number of aryl methyl sites for hydroxylation is 1. The smallest absolute Gasteiger partial charge is 0.253 e. The molecular weight excluding hydrogens is 264 g/mol. The third-order valence-corrected chi connectivity index (χ3v) is 4.05. The molecule has 2 heterocycles. The summed E-state index contributed by atoms with van der Waals surface area (Å²) in [5.74, 6) is -0.00106. The molecule has 0 bridgehead atoms. The maximum atomic E-state index is 12.5. The summed E-state index contributed by atoms with van der Waals surface area (Å²) in [5.41, 5.74) is 2.83. The molecule has 1 aromatic carbocycles. The molecule has 1 saturated heterocycles. The van der Waals surface area contributed by atoms with Crippen LogP contribution in [0.3, 0.4) is 0 Å². The lowest BCUT2D eigenvalue weighted by molar-refractivity contribution is 0.0697. The van der Waals surface area contributed by atoms with Gasteiger partial charge in [-0.15, -0.1) is 0 Å². The number of hydrogen-bond donors (Lipinski definition) is 1. The third-order valence-electron chi connectivity index (χ3n) is 4.05. The fourth-order valence-electron chi connectivity index (χ4n) is 2.81. The van der Waals surface area contributed by atoms with Crippen molar-refractivity contribution in [3.05, 3.63) is 42.1 Å². The molecule has 0 aliphatic carbocycles. The first-order chi connectivity index (χ1) is 10.2. The Kier molecular flexibility index (Phi) is 3.80. The molecule has 2 aromatic rings. The Balaban J connectivity index is 1.89. The highest BCUT2D eigenvalue weighted by Crippen LogP contribution is 2.23. The first-order valence-electron chi connectivity index (χ1n) is 7.29. The van der Waals surface area contributed by atoms with Gasteiger partial charge in [0.1, 0.15) is 0 Å². The van der Waals surface area contributed by atoms with Gasteiger partial charge in [-0.05, 0) is 24.5 Å². The van der Waals surface area contributed by atoms with E-state index in [-0.39, 0.29) is 11.9 Å². The van der Waals surface area contributed by atoms with Crippen LogP contribution in [0.15, 0.2) is 31.0 Å². The van der Waals surface area contributed by atoms with Crippen molar-refractivity contribution in [1.82, 2.24) is 9.88 Å². The lowest BCUT2D eigenvalue weighted by atomic mass is 10.1. The molecule has 0 radical (unpaired) electrons. The lowest BCUT2D eigenvalue weighted by Crippen LogP contribution is -2.38. The molecule has 1 amide bonds. The lowest BCUT2D eigenvalue weighted by Gasteiger charge is -2.22. The van der Waals surface area contributed by atoms with Crippen LogP contribution in [0.1, 0.15) is 28.8 Å². The van der Waals surface area contributed by atoms with Gasteiger partial charge in [-0.3, -0.25) is 4.79 Å². The van der Waals surface area contributed by atoms with E-state index in [2.05, 4.69) is 11.9 Å². The van der Waals surface area contributed by atoms with Crippen molar-refractivity contribution in [3.8, 4) is 0 Å². The van der Waals surface area contributed by atoms with E-state index in [9.17, 15) is 4.79 Å². The minimum Gasteiger partial charge on any atom is -0.381 e. The summed E-state index contributed by atoms with van der Waals surface area (Å²) >= 11 is 0. The minimum atomic E-state index is -0.00106. The monoisotopic (exact) mass is 284 g/mol.